The molecular weight excluding hydrogens is 316 g/mol. The maximum absolute atomic E-state index is 4.57. The number of H-pyrrole nitrogens is 1. The molecule has 2 heterocycles. The molecule has 0 aliphatic rings. The predicted octanol–water partition coefficient (Wildman–Crippen LogP) is 3.38. The lowest BCUT2D eigenvalue weighted by Crippen LogP contribution is -2.10. The highest BCUT2D eigenvalue weighted by Gasteiger charge is 2.07. The SMILES string of the molecule is CN(C)c1ccc2[nH]c(Cc3ccc(Br)cc3)nc2n1. The normalized spacial score (nSPS) is 10.9. The molecule has 2 aromatic heterocycles. The number of hydrogen-bond donors (Lipinski definition) is 1. The summed E-state index contributed by atoms with van der Waals surface area (Å²) in [6.45, 7) is 0. The van der Waals surface area contributed by atoms with Gasteiger partial charge in [-0.1, -0.05) is 28.1 Å². The van der Waals surface area contributed by atoms with Crippen LogP contribution in [0.4, 0.5) is 5.82 Å². The zero-order chi connectivity index (χ0) is 14.1. The van der Waals surface area contributed by atoms with Gasteiger partial charge < -0.3 is 9.88 Å². The van der Waals surface area contributed by atoms with E-state index < -0.39 is 0 Å². The van der Waals surface area contributed by atoms with Crippen molar-refractivity contribution in [1.29, 1.82) is 0 Å². The van der Waals surface area contributed by atoms with E-state index in [1.807, 2.05) is 43.3 Å². The molecule has 4 nitrogen and oxygen atoms in total. The fourth-order valence-electron chi connectivity index (χ4n) is 2.06. The maximum atomic E-state index is 4.57. The number of fused-ring (bicyclic) bond motifs is 1. The van der Waals surface area contributed by atoms with Crippen LogP contribution in [0, 0.1) is 0 Å². The number of imidazole rings is 1. The number of nitrogens with one attached hydrogen (secondary N) is 1. The Morgan fingerprint density at radius 1 is 1.05 bits per heavy atom. The van der Waals surface area contributed by atoms with Crippen molar-refractivity contribution < 1.29 is 0 Å². The van der Waals surface area contributed by atoms with Crippen LogP contribution in [0.2, 0.25) is 0 Å². The molecule has 0 atom stereocenters. The van der Waals surface area contributed by atoms with Gasteiger partial charge in [0.05, 0.1) is 5.52 Å². The molecule has 0 aliphatic carbocycles. The number of aromatic amines is 1. The van der Waals surface area contributed by atoms with Crippen LogP contribution in [0.25, 0.3) is 11.2 Å². The molecule has 5 heteroatoms. The van der Waals surface area contributed by atoms with Crippen LogP contribution < -0.4 is 4.90 Å². The van der Waals surface area contributed by atoms with Crippen LogP contribution in [0.1, 0.15) is 11.4 Å². The summed E-state index contributed by atoms with van der Waals surface area (Å²) in [5, 5.41) is 0. The van der Waals surface area contributed by atoms with Gasteiger partial charge in [-0.15, -0.1) is 0 Å². The van der Waals surface area contributed by atoms with Crippen molar-refractivity contribution in [2.75, 3.05) is 19.0 Å². The lowest BCUT2D eigenvalue weighted by atomic mass is 10.1. The first-order valence-corrected chi connectivity index (χ1v) is 7.18. The Morgan fingerprint density at radius 2 is 1.80 bits per heavy atom. The average Bonchev–Trinajstić information content (AvgIpc) is 2.82. The van der Waals surface area contributed by atoms with Crippen molar-refractivity contribution >= 4 is 32.9 Å². The Morgan fingerprint density at radius 3 is 2.50 bits per heavy atom. The Hall–Kier alpha value is -1.88. The smallest absolute Gasteiger partial charge is 0.179 e. The Labute approximate surface area is 126 Å². The van der Waals surface area contributed by atoms with Gasteiger partial charge in [-0.25, -0.2) is 9.97 Å². The van der Waals surface area contributed by atoms with Crippen molar-refractivity contribution in [3.63, 3.8) is 0 Å². The van der Waals surface area contributed by atoms with E-state index in [0.29, 0.717) is 0 Å². The number of aromatic nitrogens is 3. The van der Waals surface area contributed by atoms with Crippen LogP contribution in [-0.2, 0) is 6.42 Å². The number of hydrogen-bond acceptors (Lipinski definition) is 3. The molecule has 1 N–H and O–H groups in total. The average molecular weight is 331 g/mol. The number of pyridine rings is 1. The van der Waals surface area contributed by atoms with Gasteiger partial charge in [0, 0.05) is 25.0 Å². The van der Waals surface area contributed by atoms with E-state index >= 15 is 0 Å². The predicted molar refractivity (Wildman–Crippen MR) is 85.2 cm³/mol. The second-order valence-corrected chi connectivity index (χ2v) is 5.84. The van der Waals surface area contributed by atoms with E-state index in [1.54, 1.807) is 0 Å². The Kier molecular flexibility index (Phi) is 3.44. The second kappa shape index (κ2) is 5.25. The number of nitrogens with zero attached hydrogens (tertiary/aromatic N) is 3. The van der Waals surface area contributed by atoms with E-state index in [1.165, 1.54) is 5.56 Å². The third-order valence-electron chi connectivity index (χ3n) is 3.12. The minimum absolute atomic E-state index is 0.767. The molecule has 0 amide bonds. The lowest BCUT2D eigenvalue weighted by molar-refractivity contribution is 1.03. The molecule has 0 fully saturated rings. The number of rotatable bonds is 3. The highest BCUT2D eigenvalue weighted by Crippen LogP contribution is 2.17. The molecule has 3 aromatic rings. The van der Waals surface area contributed by atoms with Crippen molar-refractivity contribution in [2.24, 2.45) is 0 Å². The fourth-order valence-corrected chi connectivity index (χ4v) is 2.33. The summed E-state index contributed by atoms with van der Waals surface area (Å²) in [4.78, 5) is 14.4. The van der Waals surface area contributed by atoms with Crippen LogP contribution >= 0.6 is 15.9 Å². The van der Waals surface area contributed by atoms with E-state index in [0.717, 1.165) is 33.7 Å². The van der Waals surface area contributed by atoms with Gasteiger partial charge in [0.15, 0.2) is 5.65 Å². The summed E-state index contributed by atoms with van der Waals surface area (Å²) in [7, 11) is 3.95. The molecule has 0 bridgehead atoms. The standard InChI is InChI=1S/C15H15BrN4/c1-20(2)14-8-7-12-15(19-14)18-13(17-12)9-10-3-5-11(16)6-4-10/h3-8H,9H2,1-2H3,(H,17,18,19). The van der Waals surface area contributed by atoms with Gasteiger partial charge in [-0.2, -0.15) is 0 Å². The van der Waals surface area contributed by atoms with E-state index in [-0.39, 0.29) is 0 Å². The zero-order valence-electron chi connectivity index (χ0n) is 11.4. The van der Waals surface area contributed by atoms with Gasteiger partial charge in [0.25, 0.3) is 0 Å². The first-order valence-electron chi connectivity index (χ1n) is 6.39. The highest BCUT2D eigenvalue weighted by molar-refractivity contribution is 9.10. The second-order valence-electron chi connectivity index (χ2n) is 4.92. The summed E-state index contributed by atoms with van der Waals surface area (Å²) in [6.07, 6.45) is 0.779. The molecule has 0 saturated carbocycles. The van der Waals surface area contributed by atoms with Gasteiger partial charge in [-0.05, 0) is 29.8 Å². The van der Waals surface area contributed by atoms with Gasteiger partial charge in [0.1, 0.15) is 11.6 Å². The third-order valence-corrected chi connectivity index (χ3v) is 3.65. The van der Waals surface area contributed by atoms with Crippen LogP contribution in [0.5, 0.6) is 0 Å². The zero-order valence-corrected chi connectivity index (χ0v) is 13.0. The van der Waals surface area contributed by atoms with E-state index in [4.69, 9.17) is 0 Å². The maximum Gasteiger partial charge on any atom is 0.179 e. The quantitative estimate of drug-likeness (QED) is 0.800. The van der Waals surface area contributed by atoms with Crippen molar-refractivity contribution in [2.45, 2.75) is 6.42 Å². The number of halogens is 1. The summed E-state index contributed by atoms with van der Waals surface area (Å²) in [5.74, 6) is 1.85. The number of anilines is 1. The van der Waals surface area contributed by atoms with E-state index in [2.05, 4.69) is 43.0 Å². The molecular formula is C15H15BrN4. The molecule has 3 rings (SSSR count). The molecule has 0 aliphatic heterocycles. The van der Waals surface area contributed by atoms with Crippen LogP contribution in [0.3, 0.4) is 0 Å². The largest absolute Gasteiger partial charge is 0.363 e. The summed E-state index contributed by atoms with van der Waals surface area (Å²) >= 11 is 3.44. The Balaban J connectivity index is 1.90. The summed E-state index contributed by atoms with van der Waals surface area (Å²) in [5.41, 5.74) is 2.96. The van der Waals surface area contributed by atoms with Crippen molar-refractivity contribution in [1.82, 2.24) is 15.0 Å². The fraction of sp³-hybridized carbons (Fsp3) is 0.200. The molecule has 0 spiro atoms. The van der Waals surface area contributed by atoms with Crippen LogP contribution in [-0.4, -0.2) is 29.0 Å². The highest BCUT2D eigenvalue weighted by atomic mass is 79.9. The minimum atomic E-state index is 0.767. The summed E-state index contributed by atoms with van der Waals surface area (Å²) < 4.78 is 1.09. The first-order chi connectivity index (χ1) is 9.61. The monoisotopic (exact) mass is 330 g/mol. The molecule has 1 aromatic carbocycles. The van der Waals surface area contributed by atoms with Gasteiger partial charge in [-0.3, -0.25) is 0 Å². The molecule has 0 saturated heterocycles. The van der Waals surface area contributed by atoms with Gasteiger partial charge >= 0.3 is 0 Å². The lowest BCUT2D eigenvalue weighted by Gasteiger charge is -2.09. The molecule has 20 heavy (non-hydrogen) atoms. The third kappa shape index (κ3) is 2.67. The van der Waals surface area contributed by atoms with Gasteiger partial charge in [0.2, 0.25) is 0 Å². The number of benzene rings is 1. The van der Waals surface area contributed by atoms with E-state index in [9.17, 15) is 0 Å². The topological polar surface area (TPSA) is 44.8 Å². The molecule has 0 radical (unpaired) electrons. The Bertz CT molecular complexity index is 731. The van der Waals surface area contributed by atoms with Crippen molar-refractivity contribution in [3.8, 4) is 0 Å². The minimum Gasteiger partial charge on any atom is -0.363 e. The van der Waals surface area contributed by atoms with Crippen LogP contribution in [0.15, 0.2) is 40.9 Å². The first kappa shape index (κ1) is 13.1. The van der Waals surface area contributed by atoms with Crippen molar-refractivity contribution in [3.05, 3.63) is 52.3 Å². The summed E-state index contributed by atoms with van der Waals surface area (Å²) in [6, 6.07) is 12.3. The molecule has 102 valence electrons. The molecule has 0 unspecified atom stereocenters.